The minimum Gasteiger partial charge on any atom is -0.492 e. The maximum absolute atomic E-state index is 6.06. The minimum absolute atomic E-state index is 0.493. The summed E-state index contributed by atoms with van der Waals surface area (Å²) in [5.41, 5.74) is 10.4. The number of ether oxygens (including phenoxy) is 1. The summed E-state index contributed by atoms with van der Waals surface area (Å²) in [4.78, 5) is 1.39. The number of rotatable bonds is 3. The number of hydrogen-bond acceptors (Lipinski definition) is 3. The molecule has 0 fully saturated rings. The van der Waals surface area contributed by atoms with Gasteiger partial charge in [0.1, 0.15) is 12.4 Å². The third-order valence-electron chi connectivity index (χ3n) is 3.77. The van der Waals surface area contributed by atoms with E-state index in [0.717, 1.165) is 35.6 Å². The summed E-state index contributed by atoms with van der Waals surface area (Å²) >= 11 is 1.92. The largest absolute Gasteiger partial charge is 0.492 e. The summed E-state index contributed by atoms with van der Waals surface area (Å²) in [6.45, 7) is 4.82. The van der Waals surface area contributed by atoms with Gasteiger partial charge in [-0.25, -0.2) is 0 Å². The average Bonchev–Trinajstić information content (AvgIpc) is 2.86. The van der Waals surface area contributed by atoms with Gasteiger partial charge in [-0.2, -0.15) is 0 Å². The molecule has 0 amide bonds. The predicted octanol–water partition coefficient (Wildman–Crippen LogP) is 3.98. The monoisotopic (exact) mass is 285 g/mol. The smallest absolute Gasteiger partial charge is 0.127 e. The lowest BCUT2D eigenvalue weighted by molar-refractivity contribution is 0.313. The third kappa shape index (κ3) is 2.50. The fourth-order valence-electron chi connectivity index (χ4n) is 2.59. The van der Waals surface area contributed by atoms with E-state index in [9.17, 15) is 0 Å². The van der Waals surface area contributed by atoms with Crippen molar-refractivity contribution < 1.29 is 4.74 Å². The number of fused-ring (bicyclic) bond motifs is 1. The molecule has 2 aromatic rings. The van der Waals surface area contributed by atoms with E-state index in [-0.39, 0.29) is 0 Å². The Kier molecular flexibility index (Phi) is 3.62. The lowest BCUT2D eigenvalue weighted by Gasteiger charge is -2.16. The number of aryl methyl sites for hydroxylation is 1. The summed E-state index contributed by atoms with van der Waals surface area (Å²) in [7, 11) is 0. The maximum Gasteiger partial charge on any atom is 0.127 e. The molecule has 0 aromatic heterocycles. The van der Waals surface area contributed by atoms with Crippen LogP contribution in [0.5, 0.6) is 5.75 Å². The predicted molar refractivity (Wildman–Crippen MR) is 85.6 cm³/mol. The van der Waals surface area contributed by atoms with Crippen molar-refractivity contribution in [1.29, 1.82) is 0 Å². The van der Waals surface area contributed by atoms with Crippen LogP contribution in [0, 0.1) is 13.8 Å². The van der Waals surface area contributed by atoms with Gasteiger partial charge in [0.05, 0.1) is 0 Å². The Morgan fingerprint density at radius 2 is 2.00 bits per heavy atom. The highest BCUT2D eigenvalue weighted by atomic mass is 32.2. The average molecular weight is 285 g/mol. The van der Waals surface area contributed by atoms with Crippen molar-refractivity contribution in [3.8, 4) is 5.75 Å². The fourth-order valence-corrected chi connectivity index (χ4v) is 3.81. The molecule has 0 bridgehead atoms. The van der Waals surface area contributed by atoms with Crippen molar-refractivity contribution >= 4 is 17.4 Å². The SMILES string of the molecule is Cc1ccc(N)c(C)c1OCC1Cc2ccccc2S1. The van der Waals surface area contributed by atoms with E-state index in [2.05, 4.69) is 31.2 Å². The zero-order valence-corrected chi connectivity index (χ0v) is 12.7. The van der Waals surface area contributed by atoms with E-state index in [4.69, 9.17) is 10.5 Å². The van der Waals surface area contributed by atoms with Crippen molar-refractivity contribution in [1.82, 2.24) is 0 Å². The van der Waals surface area contributed by atoms with Crippen LogP contribution in [-0.4, -0.2) is 11.9 Å². The van der Waals surface area contributed by atoms with Crippen LogP contribution in [0.4, 0.5) is 5.69 Å². The first-order valence-corrected chi connectivity index (χ1v) is 7.76. The van der Waals surface area contributed by atoms with Crippen LogP contribution in [-0.2, 0) is 6.42 Å². The van der Waals surface area contributed by atoms with Crippen LogP contribution in [0.25, 0.3) is 0 Å². The molecule has 1 heterocycles. The minimum atomic E-state index is 0.493. The Morgan fingerprint density at radius 3 is 2.80 bits per heavy atom. The first-order chi connectivity index (χ1) is 9.65. The highest BCUT2D eigenvalue weighted by molar-refractivity contribution is 8.00. The van der Waals surface area contributed by atoms with E-state index < -0.39 is 0 Å². The molecule has 0 saturated heterocycles. The van der Waals surface area contributed by atoms with Crippen molar-refractivity contribution in [2.24, 2.45) is 0 Å². The molecule has 0 saturated carbocycles. The summed E-state index contributed by atoms with van der Waals surface area (Å²) in [5.74, 6) is 0.946. The van der Waals surface area contributed by atoms with Crippen LogP contribution in [0.15, 0.2) is 41.3 Å². The van der Waals surface area contributed by atoms with Crippen LogP contribution >= 0.6 is 11.8 Å². The van der Waals surface area contributed by atoms with Crippen molar-refractivity contribution in [2.45, 2.75) is 30.4 Å². The second kappa shape index (κ2) is 5.41. The molecule has 2 N–H and O–H groups in total. The molecule has 1 atom stereocenters. The van der Waals surface area contributed by atoms with Crippen LogP contribution in [0.3, 0.4) is 0 Å². The Labute approximate surface area is 124 Å². The van der Waals surface area contributed by atoms with Gasteiger partial charge in [0, 0.05) is 21.4 Å². The number of anilines is 1. The fraction of sp³-hybridized carbons (Fsp3) is 0.294. The quantitative estimate of drug-likeness (QED) is 0.866. The molecular formula is C17H19NOS. The van der Waals surface area contributed by atoms with Crippen molar-refractivity contribution in [3.05, 3.63) is 53.1 Å². The summed E-state index contributed by atoms with van der Waals surface area (Å²) in [5, 5.41) is 0.493. The van der Waals surface area contributed by atoms with Gasteiger partial charge in [0.15, 0.2) is 0 Å². The summed E-state index contributed by atoms with van der Waals surface area (Å²) in [6, 6.07) is 12.6. The highest BCUT2D eigenvalue weighted by Gasteiger charge is 2.22. The molecule has 20 heavy (non-hydrogen) atoms. The third-order valence-corrected chi connectivity index (χ3v) is 5.06. The van der Waals surface area contributed by atoms with E-state index in [1.165, 1.54) is 10.5 Å². The van der Waals surface area contributed by atoms with Crippen LogP contribution in [0.1, 0.15) is 16.7 Å². The van der Waals surface area contributed by atoms with E-state index in [0.29, 0.717) is 5.25 Å². The van der Waals surface area contributed by atoms with E-state index in [1.54, 1.807) is 0 Å². The second-order valence-electron chi connectivity index (χ2n) is 5.29. The molecule has 1 aliphatic heterocycles. The molecule has 2 nitrogen and oxygen atoms in total. The highest BCUT2D eigenvalue weighted by Crippen LogP contribution is 2.37. The summed E-state index contributed by atoms with van der Waals surface area (Å²) < 4.78 is 6.06. The number of nitrogen functional groups attached to an aromatic ring is 1. The molecule has 3 rings (SSSR count). The number of benzene rings is 2. The first kappa shape index (κ1) is 13.4. The van der Waals surface area contributed by atoms with Gasteiger partial charge in [-0.15, -0.1) is 11.8 Å². The normalized spacial score (nSPS) is 17.0. The zero-order chi connectivity index (χ0) is 14.1. The molecule has 1 aliphatic rings. The topological polar surface area (TPSA) is 35.2 Å². The van der Waals surface area contributed by atoms with Gasteiger partial charge in [0.25, 0.3) is 0 Å². The Morgan fingerprint density at radius 1 is 1.20 bits per heavy atom. The van der Waals surface area contributed by atoms with Crippen molar-refractivity contribution in [3.63, 3.8) is 0 Å². The number of thioether (sulfide) groups is 1. The molecule has 104 valence electrons. The number of hydrogen-bond donors (Lipinski definition) is 1. The van der Waals surface area contributed by atoms with Gasteiger partial charge < -0.3 is 10.5 Å². The lowest BCUT2D eigenvalue weighted by atomic mass is 10.1. The van der Waals surface area contributed by atoms with Gasteiger partial charge in [0.2, 0.25) is 0 Å². The zero-order valence-electron chi connectivity index (χ0n) is 11.8. The Hall–Kier alpha value is -1.61. The first-order valence-electron chi connectivity index (χ1n) is 6.88. The molecule has 3 heteroatoms. The molecule has 0 radical (unpaired) electrons. The Balaban J connectivity index is 1.69. The van der Waals surface area contributed by atoms with E-state index >= 15 is 0 Å². The second-order valence-corrected chi connectivity index (χ2v) is 6.63. The maximum atomic E-state index is 6.06. The van der Waals surface area contributed by atoms with E-state index in [1.807, 2.05) is 30.8 Å². The van der Waals surface area contributed by atoms with Gasteiger partial charge in [-0.1, -0.05) is 24.3 Å². The molecule has 1 unspecified atom stereocenters. The molecule has 0 spiro atoms. The number of nitrogens with two attached hydrogens (primary N) is 1. The molecule has 0 aliphatic carbocycles. The molecular weight excluding hydrogens is 266 g/mol. The lowest BCUT2D eigenvalue weighted by Crippen LogP contribution is -2.14. The van der Waals surface area contributed by atoms with Gasteiger partial charge in [-0.05, 0) is 43.5 Å². The van der Waals surface area contributed by atoms with Crippen LogP contribution < -0.4 is 10.5 Å². The Bertz CT molecular complexity index is 614. The van der Waals surface area contributed by atoms with Gasteiger partial charge >= 0.3 is 0 Å². The standard InChI is InChI=1S/C17H19NOS/c1-11-7-8-15(18)12(2)17(11)19-10-14-9-13-5-3-4-6-16(13)20-14/h3-8,14H,9-10,18H2,1-2H3. The van der Waals surface area contributed by atoms with Crippen LogP contribution in [0.2, 0.25) is 0 Å². The van der Waals surface area contributed by atoms with Gasteiger partial charge in [-0.3, -0.25) is 0 Å². The summed E-state index contributed by atoms with van der Waals surface area (Å²) in [6.07, 6.45) is 1.08. The van der Waals surface area contributed by atoms with Crippen molar-refractivity contribution in [2.75, 3.05) is 12.3 Å². The molecule has 2 aromatic carbocycles.